The Labute approximate surface area is 241 Å². The highest BCUT2D eigenvalue weighted by atomic mass is 19.1. The zero-order valence-corrected chi connectivity index (χ0v) is 23.9. The molecule has 0 aromatic heterocycles. The minimum atomic E-state index is -0.703. The molecule has 1 heterocycles. The van der Waals surface area contributed by atoms with E-state index in [1.54, 1.807) is 6.92 Å². The number of fused-ring (bicyclic) bond motifs is 1. The van der Waals surface area contributed by atoms with Crippen molar-refractivity contribution in [3.8, 4) is 5.75 Å². The number of benzene rings is 2. The molecule has 0 saturated carbocycles. The van der Waals surface area contributed by atoms with Crippen LogP contribution in [-0.2, 0) is 11.2 Å². The summed E-state index contributed by atoms with van der Waals surface area (Å²) in [5.41, 5.74) is 13.5. The first-order valence-corrected chi connectivity index (χ1v) is 14.6. The van der Waals surface area contributed by atoms with Crippen LogP contribution in [-0.4, -0.2) is 43.9 Å². The van der Waals surface area contributed by atoms with Crippen LogP contribution in [0.15, 0.2) is 65.5 Å². The number of hydrogen-bond acceptors (Lipinski definition) is 4. The van der Waals surface area contributed by atoms with Crippen LogP contribution >= 0.6 is 0 Å². The van der Waals surface area contributed by atoms with Gasteiger partial charge in [0, 0.05) is 31.7 Å². The molecule has 0 bridgehead atoms. The lowest BCUT2D eigenvalue weighted by atomic mass is 9.84. The van der Waals surface area contributed by atoms with Crippen molar-refractivity contribution in [1.29, 1.82) is 0 Å². The predicted octanol–water partition coefficient (Wildman–Crippen LogP) is 7.80. The molecule has 5 rings (SSSR count). The van der Waals surface area contributed by atoms with E-state index in [-0.39, 0.29) is 25.1 Å². The minimum Gasteiger partial charge on any atom is -0.493 e. The number of hydrogen-bond donors (Lipinski definition) is 1. The number of nitrogens with zero attached hydrogens (tertiary/aromatic N) is 1. The molecule has 1 atom stereocenters. The molecule has 1 fully saturated rings. The molecule has 41 heavy (non-hydrogen) atoms. The van der Waals surface area contributed by atoms with Crippen LogP contribution in [0.3, 0.4) is 0 Å². The number of rotatable bonds is 9. The van der Waals surface area contributed by atoms with E-state index < -0.39 is 11.6 Å². The fourth-order valence-corrected chi connectivity index (χ4v) is 6.12. The molecule has 218 valence electrons. The van der Waals surface area contributed by atoms with E-state index in [4.69, 9.17) is 15.2 Å². The first-order chi connectivity index (χ1) is 19.9. The van der Waals surface area contributed by atoms with E-state index in [1.165, 1.54) is 12.1 Å². The molecule has 0 unspecified atom stereocenters. The standard InChI is InChI=1S/C34H39F3N2O2/c1-3-40-34-31(36)19-24(20-32(34)37)29-7-4-6-23-18-25(38)9-12-30(23)33(29)28-13-11-26(10-8-22(28)2)41-27-14-17-39(21-27)16-5-15-35/h8-9,11-13,18-20,27H,3-7,10,14-17,21,38H2,1-2H3/t27-/m0/s1. The summed E-state index contributed by atoms with van der Waals surface area (Å²) in [6, 6.07) is 8.70. The van der Waals surface area contributed by atoms with Gasteiger partial charge in [-0.1, -0.05) is 18.2 Å². The number of allylic oxidation sites excluding steroid dienone is 7. The summed E-state index contributed by atoms with van der Waals surface area (Å²) in [6.07, 6.45) is 10.8. The van der Waals surface area contributed by atoms with Gasteiger partial charge in [0.05, 0.1) is 13.3 Å². The molecular formula is C34H39F3N2O2. The third kappa shape index (κ3) is 6.56. The van der Waals surface area contributed by atoms with Crippen molar-refractivity contribution in [2.45, 2.75) is 58.5 Å². The van der Waals surface area contributed by atoms with Crippen LogP contribution in [0.2, 0.25) is 0 Å². The van der Waals surface area contributed by atoms with Crippen molar-refractivity contribution in [3.63, 3.8) is 0 Å². The second-order valence-electron chi connectivity index (χ2n) is 11.0. The molecule has 3 aliphatic rings. The lowest BCUT2D eigenvalue weighted by Crippen LogP contribution is -2.24. The zero-order chi connectivity index (χ0) is 28.9. The van der Waals surface area contributed by atoms with Crippen molar-refractivity contribution in [2.24, 2.45) is 0 Å². The minimum absolute atomic E-state index is 0.0793. The molecule has 1 aliphatic heterocycles. The van der Waals surface area contributed by atoms with Crippen molar-refractivity contribution in [1.82, 2.24) is 4.90 Å². The third-order valence-electron chi connectivity index (χ3n) is 8.10. The second kappa shape index (κ2) is 13.0. The number of halogens is 3. The highest BCUT2D eigenvalue weighted by Crippen LogP contribution is 2.44. The molecule has 2 N–H and O–H groups in total. The Bertz CT molecular complexity index is 1390. The summed E-state index contributed by atoms with van der Waals surface area (Å²) in [7, 11) is 0. The summed E-state index contributed by atoms with van der Waals surface area (Å²) < 4.78 is 54.4. The number of alkyl halides is 1. The van der Waals surface area contributed by atoms with Gasteiger partial charge in [0.1, 0.15) is 11.9 Å². The maximum absolute atomic E-state index is 15.1. The van der Waals surface area contributed by atoms with Gasteiger partial charge >= 0.3 is 0 Å². The summed E-state index contributed by atoms with van der Waals surface area (Å²) in [4.78, 5) is 2.25. The second-order valence-corrected chi connectivity index (χ2v) is 11.0. The van der Waals surface area contributed by atoms with Crippen molar-refractivity contribution >= 4 is 16.8 Å². The van der Waals surface area contributed by atoms with Gasteiger partial charge < -0.3 is 15.2 Å². The maximum atomic E-state index is 15.1. The van der Waals surface area contributed by atoms with Crippen molar-refractivity contribution in [3.05, 3.63) is 93.8 Å². The zero-order valence-electron chi connectivity index (χ0n) is 23.9. The molecule has 2 aromatic rings. The lowest BCUT2D eigenvalue weighted by Gasteiger charge is -2.20. The predicted molar refractivity (Wildman–Crippen MR) is 159 cm³/mol. The third-order valence-corrected chi connectivity index (χ3v) is 8.10. The number of nitrogen functional groups attached to an aromatic ring is 1. The fraction of sp³-hybridized carbons (Fsp3) is 0.412. The Morgan fingerprint density at radius 2 is 1.88 bits per heavy atom. The molecule has 2 aromatic carbocycles. The quantitative estimate of drug-likeness (QED) is 0.316. The van der Waals surface area contributed by atoms with Gasteiger partial charge in [0.15, 0.2) is 17.4 Å². The first-order valence-electron chi connectivity index (χ1n) is 14.6. The van der Waals surface area contributed by atoms with Gasteiger partial charge in [-0.05, 0) is 115 Å². The van der Waals surface area contributed by atoms with E-state index in [0.717, 1.165) is 78.1 Å². The number of anilines is 1. The van der Waals surface area contributed by atoms with Crippen LogP contribution in [0, 0.1) is 11.6 Å². The highest BCUT2D eigenvalue weighted by Gasteiger charge is 2.27. The molecule has 0 amide bonds. The summed E-state index contributed by atoms with van der Waals surface area (Å²) in [5, 5.41) is 0. The molecule has 0 radical (unpaired) electrons. The van der Waals surface area contributed by atoms with Crippen LogP contribution in [0.5, 0.6) is 5.75 Å². The lowest BCUT2D eigenvalue weighted by molar-refractivity contribution is 0.117. The van der Waals surface area contributed by atoms with Gasteiger partial charge in [-0.3, -0.25) is 9.29 Å². The van der Waals surface area contributed by atoms with Crippen LogP contribution in [0.25, 0.3) is 11.1 Å². The van der Waals surface area contributed by atoms with Crippen molar-refractivity contribution in [2.75, 3.05) is 38.6 Å². The molecular weight excluding hydrogens is 525 g/mol. The van der Waals surface area contributed by atoms with Gasteiger partial charge in [-0.2, -0.15) is 0 Å². The van der Waals surface area contributed by atoms with Gasteiger partial charge in [0.25, 0.3) is 0 Å². The molecule has 7 heteroatoms. The van der Waals surface area contributed by atoms with Gasteiger partial charge in [-0.25, -0.2) is 8.78 Å². The van der Waals surface area contributed by atoms with Crippen LogP contribution in [0.4, 0.5) is 18.9 Å². The van der Waals surface area contributed by atoms with E-state index in [1.807, 2.05) is 24.3 Å². The maximum Gasteiger partial charge on any atom is 0.190 e. The molecule has 1 saturated heterocycles. The molecule has 4 nitrogen and oxygen atoms in total. The average Bonchev–Trinajstić information content (AvgIpc) is 3.21. The highest BCUT2D eigenvalue weighted by molar-refractivity contribution is 6.02. The summed E-state index contributed by atoms with van der Waals surface area (Å²) in [6.45, 7) is 6.13. The number of ether oxygens (including phenoxy) is 2. The van der Waals surface area contributed by atoms with Gasteiger partial charge in [-0.15, -0.1) is 0 Å². The van der Waals surface area contributed by atoms with E-state index >= 15 is 8.78 Å². The largest absolute Gasteiger partial charge is 0.493 e. The number of aryl methyl sites for hydroxylation is 1. The smallest absolute Gasteiger partial charge is 0.190 e. The van der Waals surface area contributed by atoms with Crippen molar-refractivity contribution < 1.29 is 22.6 Å². The topological polar surface area (TPSA) is 47.7 Å². The fourth-order valence-electron chi connectivity index (χ4n) is 6.12. The summed E-state index contributed by atoms with van der Waals surface area (Å²) >= 11 is 0. The normalized spacial score (nSPS) is 19.6. The van der Waals surface area contributed by atoms with E-state index in [9.17, 15) is 4.39 Å². The Hall–Kier alpha value is -3.45. The summed E-state index contributed by atoms with van der Waals surface area (Å²) in [5.74, 6) is -0.872. The monoisotopic (exact) mass is 564 g/mol. The van der Waals surface area contributed by atoms with Crippen LogP contribution < -0.4 is 10.5 Å². The Morgan fingerprint density at radius 3 is 2.63 bits per heavy atom. The first kappa shape index (κ1) is 29.1. The number of likely N-dealkylation sites (tertiary alicyclic amines) is 1. The number of nitrogens with two attached hydrogens (primary N) is 1. The van der Waals surface area contributed by atoms with E-state index in [0.29, 0.717) is 30.5 Å². The Morgan fingerprint density at radius 1 is 1.07 bits per heavy atom. The SMILES string of the molecule is CCOc1c(F)cc(C2=C(C3=CC=C(O[C@H]4CCN(CCCF)C4)CC=C3C)c3ccc(N)cc3CCC2)cc1F. The Balaban J connectivity index is 1.56. The Kier molecular flexibility index (Phi) is 9.23. The van der Waals surface area contributed by atoms with E-state index in [2.05, 4.69) is 24.0 Å². The van der Waals surface area contributed by atoms with Crippen LogP contribution in [0.1, 0.15) is 62.6 Å². The average molecular weight is 565 g/mol. The molecule has 2 aliphatic carbocycles. The molecule has 0 spiro atoms. The van der Waals surface area contributed by atoms with Gasteiger partial charge in [0.2, 0.25) is 0 Å².